The van der Waals surface area contributed by atoms with Gasteiger partial charge in [0.25, 0.3) is 0 Å². The van der Waals surface area contributed by atoms with E-state index in [-0.39, 0.29) is 5.82 Å². The van der Waals surface area contributed by atoms with Gasteiger partial charge in [0.1, 0.15) is 5.82 Å². The molecule has 1 N–H and O–H groups in total. The maximum Gasteiger partial charge on any atom is 0.126 e. The van der Waals surface area contributed by atoms with Crippen molar-refractivity contribution in [1.82, 2.24) is 5.32 Å². The largest absolute Gasteiger partial charge is 0.383 e. The first-order chi connectivity index (χ1) is 9.72. The van der Waals surface area contributed by atoms with Crippen molar-refractivity contribution < 1.29 is 9.13 Å². The standard InChI is InChI=1S/C15H20FN3O/c1-20-6-5-19(11-14-3-2-4-18-14)15-8-12(10-17)7-13(16)9-15/h7-9,14,18H,2-6,11H2,1H3. The smallest absolute Gasteiger partial charge is 0.126 e. The number of halogens is 1. The van der Waals surface area contributed by atoms with Crippen LogP contribution in [0.3, 0.4) is 0 Å². The van der Waals surface area contributed by atoms with Crippen molar-refractivity contribution in [2.75, 3.05) is 38.3 Å². The lowest BCUT2D eigenvalue weighted by Crippen LogP contribution is -2.39. The molecule has 1 unspecified atom stereocenters. The number of nitrogens with one attached hydrogen (secondary N) is 1. The van der Waals surface area contributed by atoms with Crippen LogP contribution in [0.15, 0.2) is 18.2 Å². The highest BCUT2D eigenvalue weighted by Gasteiger charge is 2.18. The molecule has 108 valence electrons. The number of nitrogens with zero attached hydrogens (tertiary/aromatic N) is 2. The Hall–Kier alpha value is -1.64. The van der Waals surface area contributed by atoms with Crippen molar-refractivity contribution in [3.05, 3.63) is 29.6 Å². The lowest BCUT2D eigenvalue weighted by atomic mass is 10.1. The van der Waals surface area contributed by atoms with Crippen LogP contribution in [0.2, 0.25) is 0 Å². The van der Waals surface area contributed by atoms with Gasteiger partial charge in [-0.1, -0.05) is 0 Å². The summed E-state index contributed by atoms with van der Waals surface area (Å²) < 4.78 is 18.7. The minimum absolute atomic E-state index is 0.349. The molecule has 0 spiro atoms. The molecule has 1 atom stereocenters. The Morgan fingerprint density at radius 2 is 2.35 bits per heavy atom. The number of methoxy groups -OCH3 is 1. The van der Waals surface area contributed by atoms with E-state index in [4.69, 9.17) is 10.00 Å². The summed E-state index contributed by atoms with van der Waals surface area (Å²) in [6, 6.07) is 6.88. The van der Waals surface area contributed by atoms with Gasteiger partial charge in [0.05, 0.1) is 18.2 Å². The van der Waals surface area contributed by atoms with Gasteiger partial charge in [0, 0.05) is 31.9 Å². The van der Waals surface area contributed by atoms with Crippen LogP contribution in [0.25, 0.3) is 0 Å². The topological polar surface area (TPSA) is 48.3 Å². The highest BCUT2D eigenvalue weighted by molar-refractivity contribution is 5.52. The van der Waals surface area contributed by atoms with Crippen molar-refractivity contribution in [2.24, 2.45) is 0 Å². The van der Waals surface area contributed by atoms with E-state index >= 15 is 0 Å². The van der Waals surface area contributed by atoms with Crippen LogP contribution in [-0.4, -0.2) is 39.4 Å². The quantitative estimate of drug-likeness (QED) is 0.863. The monoisotopic (exact) mass is 277 g/mol. The molecule has 0 aromatic heterocycles. The Morgan fingerprint density at radius 1 is 1.50 bits per heavy atom. The second-order valence-corrected chi connectivity index (χ2v) is 5.04. The average Bonchev–Trinajstić information content (AvgIpc) is 2.95. The third-order valence-electron chi connectivity index (χ3n) is 3.55. The number of hydrogen-bond donors (Lipinski definition) is 1. The van der Waals surface area contributed by atoms with E-state index < -0.39 is 0 Å². The maximum absolute atomic E-state index is 13.6. The van der Waals surface area contributed by atoms with E-state index in [1.807, 2.05) is 6.07 Å². The molecule has 1 aliphatic heterocycles. The fourth-order valence-corrected chi connectivity index (χ4v) is 2.53. The molecular weight excluding hydrogens is 257 g/mol. The summed E-state index contributed by atoms with van der Waals surface area (Å²) in [5.74, 6) is -0.374. The first-order valence-corrected chi connectivity index (χ1v) is 6.91. The minimum Gasteiger partial charge on any atom is -0.383 e. The summed E-state index contributed by atoms with van der Waals surface area (Å²) >= 11 is 0. The molecule has 1 saturated heterocycles. The molecule has 0 bridgehead atoms. The highest BCUT2D eigenvalue weighted by atomic mass is 19.1. The zero-order chi connectivity index (χ0) is 14.4. The van der Waals surface area contributed by atoms with Crippen LogP contribution in [0, 0.1) is 17.1 Å². The molecule has 1 aliphatic rings. The van der Waals surface area contributed by atoms with Crippen LogP contribution < -0.4 is 10.2 Å². The van der Waals surface area contributed by atoms with Crippen LogP contribution >= 0.6 is 0 Å². The van der Waals surface area contributed by atoms with E-state index in [0.29, 0.717) is 24.8 Å². The summed E-state index contributed by atoms with van der Waals surface area (Å²) in [7, 11) is 1.65. The fourth-order valence-electron chi connectivity index (χ4n) is 2.53. The van der Waals surface area contributed by atoms with Crippen LogP contribution in [0.5, 0.6) is 0 Å². The Balaban J connectivity index is 2.15. The van der Waals surface area contributed by atoms with Gasteiger partial charge < -0.3 is 15.0 Å². The summed E-state index contributed by atoms with van der Waals surface area (Å²) in [6.45, 7) is 3.10. The molecule has 0 amide bonds. The summed E-state index contributed by atoms with van der Waals surface area (Å²) in [5.41, 5.74) is 1.09. The van der Waals surface area contributed by atoms with Crippen molar-refractivity contribution >= 4 is 5.69 Å². The van der Waals surface area contributed by atoms with Crippen LogP contribution in [0.4, 0.5) is 10.1 Å². The number of benzene rings is 1. The minimum atomic E-state index is -0.374. The predicted octanol–water partition coefficient (Wildman–Crippen LogP) is 1.90. The maximum atomic E-state index is 13.6. The Labute approximate surface area is 119 Å². The van der Waals surface area contributed by atoms with Crippen molar-refractivity contribution in [3.8, 4) is 6.07 Å². The molecule has 0 saturated carbocycles. The summed E-state index contributed by atoms with van der Waals surface area (Å²) in [5, 5.41) is 12.4. The van der Waals surface area contributed by atoms with Crippen molar-refractivity contribution in [3.63, 3.8) is 0 Å². The zero-order valence-corrected chi connectivity index (χ0v) is 11.7. The Bertz CT molecular complexity index is 480. The summed E-state index contributed by atoms with van der Waals surface area (Å²) in [6.07, 6.45) is 2.30. The highest BCUT2D eigenvalue weighted by Crippen LogP contribution is 2.20. The van der Waals surface area contributed by atoms with Gasteiger partial charge in [0.15, 0.2) is 0 Å². The van der Waals surface area contributed by atoms with E-state index in [1.165, 1.54) is 18.6 Å². The molecular formula is C15H20FN3O. The number of nitriles is 1. The molecule has 1 aromatic rings. The van der Waals surface area contributed by atoms with Gasteiger partial charge in [-0.25, -0.2) is 4.39 Å². The van der Waals surface area contributed by atoms with Gasteiger partial charge in [-0.15, -0.1) is 0 Å². The van der Waals surface area contributed by atoms with Crippen molar-refractivity contribution in [2.45, 2.75) is 18.9 Å². The lowest BCUT2D eigenvalue weighted by molar-refractivity contribution is 0.204. The fraction of sp³-hybridized carbons (Fsp3) is 0.533. The zero-order valence-electron chi connectivity index (χ0n) is 11.7. The first kappa shape index (κ1) is 14.8. The number of anilines is 1. The third-order valence-corrected chi connectivity index (χ3v) is 3.55. The number of ether oxygens (including phenoxy) is 1. The molecule has 20 heavy (non-hydrogen) atoms. The Kier molecular flexibility index (Phi) is 5.33. The van der Waals surface area contributed by atoms with Gasteiger partial charge in [0.2, 0.25) is 0 Å². The molecule has 0 aliphatic carbocycles. The average molecular weight is 277 g/mol. The van der Waals surface area contributed by atoms with E-state index in [1.54, 1.807) is 13.2 Å². The molecule has 1 aromatic carbocycles. The van der Waals surface area contributed by atoms with Gasteiger partial charge in [-0.3, -0.25) is 0 Å². The SMILES string of the molecule is COCCN(CC1CCCN1)c1cc(F)cc(C#N)c1. The number of hydrogen-bond acceptors (Lipinski definition) is 4. The normalized spacial score (nSPS) is 17.9. The number of rotatable bonds is 6. The third kappa shape index (κ3) is 3.92. The van der Waals surface area contributed by atoms with Crippen molar-refractivity contribution in [1.29, 1.82) is 5.26 Å². The molecule has 1 heterocycles. The predicted molar refractivity (Wildman–Crippen MR) is 76.2 cm³/mol. The van der Waals surface area contributed by atoms with Gasteiger partial charge in [-0.2, -0.15) is 5.26 Å². The van der Waals surface area contributed by atoms with Gasteiger partial charge >= 0.3 is 0 Å². The first-order valence-electron chi connectivity index (χ1n) is 6.91. The van der Waals surface area contributed by atoms with Gasteiger partial charge in [-0.05, 0) is 37.6 Å². The van der Waals surface area contributed by atoms with Crippen LogP contribution in [-0.2, 0) is 4.74 Å². The Morgan fingerprint density at radius 3 is 3.00 bits per heavy atom. The second-order valence-electron chi connectivity index (χ2n) is 5.04. The molecule has 1 fully saturated rings. The molecule has 0 radical (unpaired) electrons. The van der Waals surface area contributed by atoms with Crippen LogP contribution in [0.1, 0.15) is 18.4 Å². The molecule has 2 rings (SSSR count). The van der Waals surface area contributed by atoms with E-state index in [9.17, 15) is 4.39 Å². The van der Waals surface area contributed by atoms with E-state index in [2.05, 4.69) is 10.2 Å². The molecule has 4 nitrogen and oxygen atoms in total. The summed E-state index contributed by atoms with van der Waals surface area (Å²) in [4.78, 5) is 2.08. The second kappa shape index (κ2) is 7.22. The molecule has 5 heteroatoms. The lowest BCUT2D eigenvalue weighted by Gasteiger charge is -2.28. The van der Waals surface area contributed by atoms with E-state index in [0.717, 1.165) is 25.2 Å².